The first-order valence-electron chi connectivity index (χ1n) is 8.06. The molecule has 5 heteroatoms. The third kappa shape index (κ3) is 2.25. The molecule has 0 spiro atoms. The summed E-state index contributed by atoms with van der Waals surface area (Å²) in [6.45, 7) is 0. The fraction of sp³-hybridized carbons (Fsp3) is 0.529. The van der Waals surface area contributed by atoms with Crippen molar-refractivity contribution in [3.63, 3.8) is 0 Å². The van der Waals surface area contributed by atoms with E-state index in [1.165, 1.54) is 12.8 Å². The van der Waals surface area contributed by atoms with Crippen LogP contribution < -0.4 is 5.32 Å². The smallest absolute Gasteiger partial charge is 0.170 e. The fourth-order valence-electron chi connectivity index (χ4n) is 3.84. The van der Waals surface area contributed by atoms with Gasteiger partial charge in [-0.3, -0.25) is 9.79 Å². The maximum absolute atomic E-state index is 12.5. The molecule has 3 aliphatic rings. The summed E-state index contributed by atoms with van der Waals surface area (Å²) in [7, 11) is 0. The summed E-state index contributed by atoms with van der Waals surface area (Å²) in [6, 6.07) is 4.26. The summed E-state index contributed by atoms with van der Waals surface area (Å²) in [6.07, 6.45) is 6.96. The molecule has 116 valence electrons. The molecule has 5 nitrogen and oxygen atoms in total. The number of amidine groups is 1. The zero-order valence-electron chi connectivity index (χ0n) is 12.4. The Hall–Kier alpha value is -2.04. The summed E-state index contributed by atoms with van der Waals surface area (Å²) >= 11 is 0. The molecule has 1 unspecified atom stereocenters. The van der Waals surface area contributed by atoms with Gasteiger partial charge in [0.2, 0.25) is 0 Å². The van der Waals surface area contributed by atoms with Crippen LogP contribution in [-0.2, 0) is 4.79 Å². The summed E-state index contributed by atoms with van der Waals surface area (Å²) < 4.78 is 5.38. The number of fused-ring (bicyclic) bond motifs is 1. The van der Waals surface area contributed by atoms with E-state index < -0.39 is 0 Å². The highest BCUT2D eigenvalue weighted by molar-refractivity contribution is 6.23. The van der Waals surface area contributed by atoms with Crippen molar-refractivity contribution in [3.05, 3.63) is 35.5 Å². The lowest BCUT2D eigenvalue weighted by Crippen LogP contribution is -2.39. The topological polar surface area (TPSA) is 74.8 Å². The molecule has 0 saturated heterocycles. The predicted octanol–water partition coefficient (Wildman–Crippen LogP) is 2.85. The average molecular weight is 300 g/mol. The van der Waals surface area contributed by atoms with Crippen LogP contribution in [-0.4, -0.2) is 28.8 Å². The first kappa shape index (κ1) is 13.6. The van der Waals surface area contributed by atoms with E-state index in [2.05, 4.69) is 10.3 Å². The number of ketones is 1. The molecule has 0 radical (unpaired) electrons. The Morgan fingerprint density at radius 2 is 2.14 bits per heavy atom. The second-order valence-corrected chi connectivity index (χ2v) is 6.45. The number of allylic oxidation sites excluding steroid dienone is 1. The maximum atomic E-state index is 12.5. The number of nitrogens with zero attached hydrogens (tertiary/aromatic N) is 1. The Morgan fingerprint density at radius 1 is 1.27 bits per heavy atom. The molecule has 0 bridgehead atoms. The van der Waals surface area contributed by atoms with E-state index in [4.69, 9.17) is 4.42 Å². The van der Waals surface area contributed by atoms with Gasteiger partial charge in [0.25, 0.3) is 0 Å². The van der Waals surface area contributed by atoms with Gasteiger partial charge in [0, 0.05) is 24.8 Å². The third-order valence-corrected chi connectivity index (χ3v) is 4.97. The van der Waals surface area contributed by atoms with Crippen molar-refractivity contribution in [2.24, 2.45) is 4.99 Å². The molecule has 1 fully saturated rings. The van der Waals surface area contributed by atoms with Crippen molar-refractivity contribution in [1.29, 1.82) is 0 Å². The molecule has 4 rings (SSSR count). The van der Waals surface area contributed by atoms with Crippen LogP contribution in [0.5, 0.6) is 0 Å². The third-order valence-electron chi connectivity index (χ3n) is 4.97. The van der Waals surface area contributed by atoms with E-state index in [0.717, 1.165) is 18.6 Å². The summed E-state index contributed by atoms with van der Waals surface area (Å²) in [5, 5.41) is 13.8. The molecule has 1 aromatic rings. The minimum Gasteiger partial charge on any atom is -0.511 e. The van der Waals surface area contributed by atoms with Gasteiger partial charge in [-0.2, -0.15) is 0 Å². The number of aliphatic hydroxyl groups is 1. The van der Waals surface area contributed by atoms with Gasteiger partial charge in [-0.05, 0) is 25.0 Å². The Kier molecular flexibility index (Phi) is 3.28. The minimum atomic E-state index is -0.0736. The number of hydrogen-bond donors (Lipinski definition) is 2. The molecule has 2 aliphatic carbocycles. The first-order chi connectivity index (χ1) is 10.7. The molecule has 1 aliphatic heterocycles. The predicted molar refractivity (Wildman–Crippen MR) is 82.0 cm³/mol. The number of aliphatic imine (C=N–C) groups is 1. The van der Waals surface area contributed by atoms with Gasteiger partial charge < -0.3 is 14.8 Å². The number of Topliss-reactive ketones (excluding diaryl/α,β-unsaturated/α-hetero) is 1. The zero-order chi connectivity index (χ0) is 15.1. The molecule has 22 heavy (non-hydrogen) atoms. The summed E-state index contributed by atoms with van der Waals surface area (Å²) in [5.41, 5.74) is 0.400. The molecule has 3 atom stereocenters. The SMILES string of the molecule is O=C1CC(c2ccco2)CC(O)=C1C1=N[C@@H]2CCCC[C@H]2N1. The van der Waals surface area contributed by atoms with Crippen molar-refractivity contribution < 1.29 is 14.3 Å². The number of carbonyl (C=O) groups is 1. The highest BCUT2D eigenvalue weighted by Crippen LogP contribution is 2.35. The zero-order valence-corrected chi connectivity index (χ0v) is 12.4. The Labute approximate surface area is 129 Å². The Balaban J connectivity index is 1.59. The van der Waals surface area contributed by atoms with Gasteiger partial charge in [0.05, 0.1) is 17.9 Å². The van der Waals surface area contributed by atoms with Crippen LogP contribution in [0.4, 0.5) is 0 Å². The maximum Gasteiger partial charge on any atom is 0.170 e. The second-order valence-electron chi connectivity index (χ2n) is 6.45. The molecule has 0 aromatic carbocycles. The Bertz CT molecular complexity index is 645. The molecule has 1 saturated carbocycles. The van der Waals surface area contributed by atoms with Crippen LogP contribution >= 0.6 is 0 Å². The number of nitrogens with one attached hydrogen (secondary N) is 1. The van der Waals surface area contributed by atoms with Crippen molar-refractivity contribution in [3.8, 4) is 0 Å². The number of furan rings is 1. The van der Waals surface area contributed by atoms with Crippen LogP contribution in [0, 0.1) is 0 Å². The van der Waals surface area contributed by atoms with E-state index >= 15 is 0 Å². The first-order valence-corrected chi connectivity index (χ1v) is 8.06. The van der Waals surface area contributed by atoms with Crippen LogP contribution in [0.1, 0.15) is 50.2 Å². The van der Waals surface area contributed by atoms with E-state index in [-0.39, 0.29) is 23.5 Å². The van der Waals surface area contributed by atoms with Crippen molar-refractivity contribution in [1.82, 2.24) is 5.32 Å². The van der Waals surface area contributed by atoms with Gasteiger partial charge in [-0.1, -0.05) is 12.8 Å². The lowest BCUT2D eigenvalue weighted by Gasteiger charge is -2.24. The standard InChI is InChI=1S/C17H20N2O3/c20-13-8-10(15-6-3-7-22-15)9-14(21)16(13)17-18-11-4-1-2-5-12(11)19-17/h3,6-7,10-12,20H,1-2,4-5,8-9H2,(H,18,19)/t10?,11-,12-/m1/s1. The van der Waals surface area contributed by atoms with Gasteiger partial charge in [0.1, 0.15) is 17.4 Å². The van der Waals surface area contributed by atoms with E-state index in [9.17, 15) is 9.90 Å². The number of carbonyl (C=O) groups excluding carboxylic acids is 1. The van der Waals surface area contributed by atoms with Crippen LogP contribution in [0.25, 0.3) is 0 Å². The van der Waals surface area contributed by atoms with Crippen molar-refractivity contribution in [2.75, 3.05) is 0 Å². The molecule has 2 N–H and O–H groups in total. The molecule has 2 heterocycles. The summed E-state index contributed by atoms with van der Waals surface area (Å²) in [5.74, 6) is 1.39. The molecule has 1 aromatic heterocycles. The monoisotopic (exact) mass is 300 g/mol. The van der Waals surface area contributed by atoms with E-state index in [1.807, 2.05) is 12.1 Å². The number of aliphatic hydroxyl groups excluding tert-OH is 1. The van der Waals surface area contributed by atoms with Gasteiger partial charge in [-0.15, -0.1) is 0 Å². The number of rotatable bonds is 2. The fourth-order valence-corrected chi connectivity index (χ4v) is 3.84. The minimum absolute atomic E-state index is 0.0463. The highest BCUT2D eigenvalue weighted by atomic mass is 16.3. The molecular formula is C17H20N2O3. The Morgan fingerprint density at radius 3 is 2.86 bits per heavy atom. The summed E-state index contributed by atoms with van der Waals surface area (Å²) in [4.78, 5) is 17.2. The van der Waals surface area contributed by atoms with Crippen molar-refractivity contribution in [2.45, 2.75) is 56.5 Å². The van der Waals surface area contributed by atoms with Gasteiger partial charge >= 0.3 is 0 Å². The van der Waals surface area contributed by atoms with Crippen LogP contribution in [0.2, 0.25) is 0 Å². The van der Waals surface area contributed by atoms with E-state index in [1.54, 1.807) is 6.26 Å². The highest BCUT2D eigenvalue weighted by Gasteiger charge is 2.38. The quantitative estimate of drug-likeness (QED) is 0.880. The average Bonchev–Trinajstić information content (AvgIpc) is 3.16. The molecular weight excluding hydrogens is 280 g/mol. The lowest BCUT2D eigenvalue weighted by molar-refractivity contribution is -0.116. The largest absolute Gasteiger partial charge is 0.511 e. The van der Waals surface area contributed by atoms with Crippen LogP contribution in [0.15, 0.2) is 39.1 Å². The van der Waals surface area contributed by atoms with Gasteiger partial charge in [-0.25, -0.2) is 0 Å². The number of hydrogen-bond acceptors (Lipinski definition) is 5. The van der Waals surface area contributed by atoms with E-state index in [0.29, 0.717) is 30.3 Å². The van der Waals surface area contributed by atoms with Crippen molar-refractivity contribution >= 4 is 11.6 Å². The normalized spacial score (nSPS) is 31.7. The van der Waals surface area contributed by atoms with Gasteiger partial charge in [0.15, 0.2) is 5.78 Å². The molecule has 0 amide bonds. The lowest BCUT2D eigenvalue weighted by atomic mass is 9.85. The second kappa shape index (κ2) is 5.30. The van der Waals surface area contributed by atoms with Crippen LogP contribution in [0.3, 0.4) is 0 Å².